The molecule has 1 aromatic heterocycles. The summed E-state index contributed by atoms with van der Waals surface area (Å²) in [6.45, 7) is 2.99. The van der Waals surface area contributed by atoms with Crippen LogP contribution >= 0.6 is 0 Å². The van der Waals surface area contributed by atoms with Gasteiger partial charge in [-0.25, -0.2) is 14.4 Å². The number of aromatic nitrogens is 2. The van der Waals surface area contributed by atoms with E-state index in [4.69, 9.17) is 4.74 Å². The molecule has 28 heavy (non-hydrogen) atoms. The van der Waals surface area contributed by atoms with Crippen molar-refractivity contribution < 1.29 is 13.9 Å². The van der Waals surface area contributed by atoms with Gasteiger partial charge in [-0.05, 0) is 55.3 Å². The molecule has 1 amide bonds. The van der Waals surface area contributed by atoms with E-state index in [0.717, 1.165) is 17.0 Å². The fraction of sp³-hybridized carbons (Fsp3) is 0.190. The summed E-state index contributed by atoms with van der Waals surface area (Å²) in [7, 11) is 0. The van der Waals surface area contributed by atoms with Gasteiger partial charge in [-0.15, -0.1) is 0 Å². The lowest BCUT2D eigenvalue weighted by Gasteiger charge is -2.08. The first-order valence-corrected chi connectivity index (χ1v) is 8.98. The van der Waals surface area contributed by atoms with E-state index in [1.807, 2.05) is 31.2 Å². The second-order valence-electron chi connectivity index (χ2n) is 6.01. The zero-order valence-corrected chi connectivity index (χ0v) is 15.5. The molecule has 3 aromatic rings. The first-order valence-electron chi connectivity index (χ1n) is 8.98. The zero-order valence-electron chi connectivity index (χ0n) is 15.5. The number of anilines is 2. The Hall–Kier alpha value is -3.48. The number of ether oxygens (including phenoxy) is 1. The van der Waals surface area contributed by atoms with Gasteiger partial charge in [0.2, 0.25) is 5.95 Å². The third-order valence-electron chi connectivity index (χ3n) is 3.95. The Morgan fingerprint density at radius 3 is 2.36 bits per heavy atom. The summed E-state index contributed by atoms with van der Waals surface area (Å²) in [6, 6.07) is 13.7. The molecular weight excluding hydrogens is 359 g/mol. The molecule has 0 atom stereocenters. The van der Waals surface area contributed by atoms with E-state index in [2.05, 4.69) is 20.6 Å². The highest BCUT2D eigenvalue weighted by Crippen LogP contribution is 2.18. The van der Waals surface area contributed by atoms with Gasteiger partial charge in [0.1, 0.15) is 11.6 Å². The number of carbonyl (C=O) groups is 1. The molecule has 1 heterocycles. The maximum absolute atomic E-state index is 12.9. The maximum atomic E-state index is 12.9. The van der Waals surface area contributed by atoms with Crippen LogP contribution in [0.2, 0.25) is 0 Å². The molecule has 0 aliphatic rings. The minimum atomic E-state index is -0.274. The number of amides is 1. The lowest BCUT2D eigenvalue weighted by atomic mass is 10.1. The summed E-state index contributed by atoms with van der Waals surface area (Å²) in [5.41, 5.74) is 2.14. The molecule has 2 N–H and O–H groups in total. The average molecular weight is 380 g/mol. The molecule has 0 aliphatic carbocycles. The van der Waals surface area contributed by atoms with Crippen LogP contribution in [0.3, 0.4) is 0 Å². The maximum Gasteiger partial charge on any atom is 0.254 e. The molecule has 0 saturated heterocycles. The highest BCUT2D eigenvalue weighted by molar-refractivity contribution is 5.93. The highest BCUT2D eigenvalue weighted by atomic mass is 19.1. The van der Waals surface area contributed by atoms with Crippen molar-refractivity contribution in [1.29, 1.82) is 0 Å². The molecule has 144 valence electrons. The predicted octanol–water partition coefficient (Wildman–Crippen LogP) is 3.73. The van der Waals surface area contributed by atoms with E-state index >= 15 is 0 Å². The van der Waals surface area contributed by atoms with E-state index in [0.29, 0.717) is 31.1 Å². The smallest absolute Gasteiger partial charge is 0.254 e. The first kappa shape index (κ1) is 19.3. The van der Waals surface area contributed by atoms with Crippen molar-refractivity contribution >= 4 is 17.5 Å². The normalized spacial score (nSPS) is 10.4. The molecule has 6 nitrogen and oxygen atoms in total. The lowest BCUT2D eigenvalue weighted by molar-refractivity contribution is 0.0953. The Balaban J connectivity index is 1.50. The quantitative estimate of drug-likeness (QED) is 0.623. The molecule has 0 radical (unpaired) electrons. The van der Waals surface area contributed by atoms with E-state index in [1.54, 1.807) is 12.1 Å². The molecule has 0 fully saturated rings. The fourth-order valence-corrected chi connectivity index (χ4v) is 2.51. The third-order valence-corrected chi connectivity index (χ3v) is 3.95. The summed E-state index contributed by atoms with van der Waals surface area (Å²) < 4.78 is 18.3. The summed E-state index contributed by atoms with van der Waals surface area (Å²) in [6.07, 6.45) is 3.55. The van der Waals surface area contributed by atoms with Gasteiger partial charge < -0.3 is 15.4 Å². The molecule has 0 unspecified atom stereocenters. The Morgan fingerprint density at radius 2 is 1.71 bits per heavy atom. The molecule has 7 heteroatoms. The Kier molecular flexibility index (Phi) is 6.51. The number of hydrogen-bond acceptors (Lipinski definition) is 5. The van der Waals surface area contributed by atoms with Gasteiger partial charge in [0, 0.05) is 24.6 Å². The van der Waals surface area contributed by atoms with Gasteiger partial charge in [-0.1, -0.05) is 12.1 Å². The second kappa shape index (κ2) is 9.45. The molecule has 0 saturated carbocycles. The SMILES string of the molecule is CCOc1ccc(Nc2ncc(C(=O)NCCc3ccc(F)cc3)cn2)cc1. The summed E-state index contributed by atoms with van der Waals surface area (Å²) in [5.74, 6) is 0.659. The molecule has 0 spiro atoms. The Bertz CT molecular complexity index is 897. The zero-order chi connectivity index (χ0) is 19.8. The minimum absolute atomic E-state index is 0.255. The van der Waals surface area contributed by atoms with Crippen molar-refractivity contribution in [1.82, 2.24) is 15.3 Å². The van der Waals surface area contributed by atoms with Crippen LogP contribution in [0.1, 0.15) is 22.8 Å². The minimum Gasteiger partial charge on any atom is -0.494 e. The highest BCUT2D eigenvalue weighted by Gasteiger charge is 2.07. The van der Waals surface area contributed by atoms with Crippen LogP contribution in [0.15, 0.2) is 60.9 Å². The molecule has 0 bridgehead atoms. The number of nitrogens with one attached hydrogen (secondary N) is 2. The van der Waals surface area contributed by atoms with Crippen LogP contribution in [0.25, 0.3) is 0 Å². The molecule has 3 rings (SSSR count). The number of nitrogens with zero attached hydrogens (tertiary/aromatic N) is 2. The fourth-order valence-electron chi connectivity index (χ4n) is 2.51. The number of carbonyl (C=O) groups excluding carboxylic acids is 1. The first-order chi connectivity index (χ1) is 13.6. The standard InChI is InChI=1S/C21H21FN4O2/c1-2-28-19-9-7-18(8-10-19)26-21-24-13-16(14-25-21)20(27)23-12-11-15-3-5-17(22)6-4-15/h3-10,13-14H,2,11-12H2,1H3,(H,23,27)(H,24,25,26). The van der Waals surface area contributed by atoms with Gasteiger partial charge in [-0.2, -0.15) is 0 Å². The van der Waals surface area contributed by atoms with E-state index in [1.165, 1.54) is 24.5 Å². The van der Waals surface area contributed by atoms with Crippen LogP contribution in [0.5, 0.6) is 5.75 Å². The van der Waals surface area contributed by atoms with Crippen LogP contribution in [-0.4, -0.2) is 29.0 Å². The van der Waals surface area contributed by atoms with Gasteiger partial charge in [0.15, 0.2) is 0 Å². The predicted molar refractivity (Wildman–Crippen MR) is 105 cm³/mol. The number of rotatable bonds is 8. The van der Waals surface area contributed by atoms with E-state index < -0.39 is 0 Å². The van der Waals surface area contributed by atoms with Crippen molar-refractivity contribution in [3.63, 3.8) is 0 Å². The number of hydrogen-bond donors (Lipinski definition) is 2. The Labute approximate surface area is 162 Å². The summed E-state index contributed by atoms with van der Waals surface area (Å²) in [4.78, 5) is 20.5. The number of halogens is 1. The monoisotopic (exact) mass is 380 g/mol. The van der Waals surface area contributed by atoms with Crippen molar-refractivity contribution in [2.45, 2.75) is 13.3 Å². The van der Waals surface area contributed by atoms with Gasteiger partial charge in [-0.3, -0.25) is 4.79 Å². The van der Waals surface area contributed by atoms with Crippen LogP contribution in [0, 0.1) is 5.82 Å². The molecule has 2 aromatic carbocycles. The summed E-state index contributed by atoms with van der Waals surface area (Å²) >= 11 is 0. The van der Waals surface area contributed by atoms with Crippen molar-refractivity contribution in [3.05, 3.63) is 77.9 Å². The van der Waals surface area contributed by atoms with E-state index in [9.17, 15) is 9.18 Å². The Morgan fingerprint density at radius 1 is 1.04 bits per heavy atom. The average Bonchev–Trinajstić information content (AvgIpc) is 2.72. The second-order valence-corrected chi connectivity index (χ2v) is 6.01. The summed E-state index contributed by atoms with van der Waals surface area (Å²) in [5, 5.41) is 5.87. The van der Waals surface area contributed by atoms with Crippen LogP contribution in [-0.2, 0) is 6.42 Å². The van der Waals surface area contributed by atoms with Gasteiger partial charge >= 0.3 is 0 Å². The van der Waals surface area contributed by atoms with Crippen LogP contribution in [0.4, 0.5) is 16.0 Å². The third kappa shape index (κ3) is 5.51. The lowest BCUT2D eigenvalue weighted by Crippen LogP contribution is -2.26. The molecule has 0 aliphatic heterocycles. The van der Waals surface area contributed by atoms with Crippen molar-refractivity contribution in [3.8, 4) is 5.75 Å². The van der Waals surface area contributed by atoms with Gasteiger partial charge in [0.25, 0.3) is 5.91 Å². The van der Waals surface area contributed by atoms with Crippen molar-refractivity contribution in [2.24, 2.45) is 0 Å². The molecular formula is C21H21FN4O2. The van der Waals surface area contributed by atoms with Gasteiger partial charge in [0.05, 0.1) is 12.2 Å². The largest absolute Gasteiger partial charge is 0.494 e. The number of benzene rings is 2. The topological polar surface area (TPSA) is 76.1 Å². The van der Waals surface area contributed by atoms with E-state index in [-0.39, 0.29) is 11.7 Å². The van der Waals surface area contributed by atoms with Crippen LogP contribution < -0.4 is 15.4 Å². The van der Waals surface area contributed by atoms with Crippen molar-refractivity contribution in [2.75, 3.05) is 18.5 Å².